The number of esters is 1. The topological polar surface area (TPSA) is 66.2 Å². The minimum Gasteiger partial charge on any atom is -0.464 e. The third kappa shape index (κ3) is 2.84. The summed E-state index contributed by atoms with van der Waals surface area (Å²) in [6.45, 7) is -0.180. The van der Waals surface area contributed by atoms with Crippen LogP contribution in [0.1, 0.15) is 16.2 Å². The van der Waals surface area contributed by atoms with Gasteiger partial charge < -0.3 is 9.57 Å². The van der Waals surface area contributed by atoms with E-state index in [1.54, 1.807) is 0 Å². The van der Waals surface area contributed by atoms with Gasteiger partial charge in [0.1, 0.15) is 5.69 Å². The van der Waals surface area contributed by atoms with E-state index in [1.165, 1.54) is 6.92 Å². The molecule has 0 radical (unpaired) electrons. The van der Waals surface area contributed by atoms with Gasteiger partial charge in [-0.25, -0.2) is 4.79 Å². The van der Waals surface area contributed by atoms with E-state index in [2.05, 4.69) is 19.9 Å². The zero-order chi connectivity index (χ0) is 12.3. The van der Waals surface area contributed by atoms with Crippen LogP contribution in [0, 0.1) is 6.92 Å². The highest BCUT2D eigenvalue weighted by molar-refractivity contribution is 5.88. The molecule has 1 rings (SSSR count). The van der Waals surface area contributed by atoms with Gasteiger partial charge >= 0.3 is 12.1 Å². The minimum atomic E-state index is -4.48. The largest absolute Gasteiger partial charge is 0.464 e. The van der Waals surface area contributed by atoms with Gasteiger partial charge in [0.2, 0.25) is 6.61 Å². The molecule has 0 fully saturated rings. The van der Waals surface area contributed by atoms with Crippen LogP contribution in [0.3, 0.4) is 0 Å². The van der Waals surface area contributed by atoms with Crippen molar-refractivity contribution in [1.82, 2.24) is 15.2 Å². The second kappa shape index (κ2) is 4.37. The Balaban J connectivity index is 2.77. The number of ether oxygens (including phenoxy) is 1. The summed E-state index contributed by atoms with van der Waals surface area (Å²) >= 11 is 0. The van der Waals surface area contributed by atoms with Gasteiger partial charge in [-0.2, -0.15) is 13.2 Å². The van der Waals surface area contributed by atoms with E-state index in [9.17, 15) is 18.0 Å². The summed E-state index contributed by atoms with van der Waals surface area (Å²) in [5, 5.41) is 6.56. The molecule has 1 heterocycles. The average Bonchev–Trinajstić information content (AvgIpc) is 2.55. The van der Waals surface area contributed by atoms with Crippen LogP contribution >= 0.6 is 0 Å². The number of carbonyl (C=O) groups excluding carboxylic acids is 1. The molecule has 0 amide bonds. The lowest BCUT2D eigenvalue weighted by molar-refractivity contribution is -0.178. The first-order valence-corrected chi connectivity index (χ1v) is 4.06. The van der Waals surface area contributed by atoms with Crippen molar-refractivity contribution in [1.29, 1.82) is 0 Å². The van der Waals surface area contributed by atoms with E-state index in [0.717, 1.165) is 7.11 Å². The van der Waals surface area contributed by atoms with Crippen LogP contribution in [0.15, 0.2) is 0 Å². The molecule has 0 bridgehead atoms. The number of hydrogen-bond acceptors (Lipinski definition) is 5. The molecular weight excluding hydrogens is 231 g/mol. The van der Waals surface area contributed by atoms with Gasteiger partial charge in [-0.3, -0.25) is 0 Å². The maximum Gasteiger partial charge on any atom is 0.425 e. The fraction of sp³-hybridized carbons (Fsp3) is 0.571. The Kier molecular flexibility index (Phi) is 3.35. The van der Waals surface area contributed by atoms with Gasteiger partial charge in [0.15, 0.2) is 5.69 Å². The summed E-state index contributed by atoms with van der Waals surface area (Å²) in [5.41, 5.74) is -0.152. The first-order chi connectivity index (χ1) is 7.35. The van der Waals surface area contributed by atoms with Crippen molar-refractivity contribution < 1.29 is 27.5 Å². The van der Waals surface area contributed by atoms with Crippen LogP contribution in [0.25, 0.3) is 0 Å². The SMILES string of the molecule is COC(=O)c1nnn(OCC(F)(F)F)c1C. The maximum atomic E-state index is 11.8. The molecule has 0 saturated heterocycles. The van der Waals surface area contributed by atoms with Gasteiger partial charge in [-0.1, -0.05) is 4.85 Å². The van der Waals surface area contributed by atoms with Crippen molar-refractivity contribution in [3.05, 3.63) is 11.4 Å². The summed E-state index contributed by atoms with van der Waals surface area (Å²) in [4.78, 5) is 15.8. The Hall–Kier alpha value is -1.80. The molecular formula is C7H8F3N3O3. The number of carbonyl (C=O) groups is 1. The lowest BCUT2D eigenvalue weighted by Crippen LogP contribution is -2.27. The van der Waals surface area contributed by atoms with Crippen LogP contribution < -0.4 is 4.84 Å². The zero-order valence-corrected chi connectivity index (χ0v) is 8.41. The van der Waals surface area contributed by atoms with E-state index in [4.69, 9.17) is 0 Å². The average molecular weight is 239 g/mol. The fourth-order valence-corrected chi connectivity index (χ4v) is 0.858. The van der Waals surface area contributed by atoms with E-state index in [1.807, 2.05) is 0 Å². The quantitative estimate of drug-likeness (QED) is 0.712. The predicted molar refractivity (Wildman–Crippen MR) is 43.6 cm³/mol. The Labute approximate surface area is 87.9 Å². The third-order valence-electron chi connectivity index (χ3n) is 1.58. The van der Waals surface area contributed by atoms with Crippen LogP contribution in [0.2, 0.25) is 0 Å². The summed E-state index contributed by atoms with van der Waals surface area (Å²) in [5.74, 6) is -0.792. The van der Waals surface area contributed by atoms with Gasteiger partial charge in [0, 0.05) is 0 Å². The van der Waals surface area contributed by atoms with Crippen molar-refractivity contribution in [2.75, 3.05) is 13.7 Å². The van der Waals surface area contributed by atoms with Gasteiger partial charge in [0.25, 0.3) is 0 Å². The second-order valence-electron chi connectivity index (χ2n) is 2.78. The summed E-state index contributed by atoms with van der Waals surface area (Å²) in [6, 6.07) is 0. The van der Waals surface area contributed by atoms with Crippen LogP contribution in [0.5, 0.6) is 0 Å². The normalized spacial score (nSPS) is 11.3. The molecule has 16 heavy (non-hydrogen) atoms. The first kappa shape index (κ1) is 12.3. The second-order valence-corrected chi connectivity index (χ2v) is 2.78. The number of rotatable bonds is 3. The highest BCUT2D eigenvalue weighted by Crippen LogP contribution is 2.13. The van der Waals surface area contributed by atoms with Crippen LogP contribution in [-0.2, 0) is 4.74 Å². The molecule has 1 aromatic heterocycles. The lowest BCUT2D eigenvalue weighted by Gasteiger charge is -2.08. The number of methoxy groups -OCH3 is 1. The van der Waals surface area contributed by atoms with Crippen molar-refractivity contribution in [3.8, 4) is 0 Å². The Morgan fingerprint density at radius 2 is 2.12 bits per heavy atom. The molecule has 0 unspecified atom stereocenters. The zero-order valence-electron chi connectivity index (χ0n) is 8.41. The van der Waals surface area contributed by atoms with Crippen LogP contribution in [0.4, 0.5) is 13.2 Å². The van der Waals surface area contributed by atoms with Crippen molar-refractivity contribution in [3.63, 3.8) is 0 Å². The molecule has 0 aliphatic carbocycles. The lowest BCUT2D eigenvalue weighted by atomic mass is 10.3. The molecule has 0 N–H and O–H groups in total. The number of halogens is 3. The molecule has 0 spiro atoms. The third-order valence-corrected chi connectivity index (χ3v) is 1.58. The van der Waals surface area contributed by atoms with Crippen molar-refractivity contribution in [2.24, 2.45) is 0 Å². The van der Waals surface area contributed by atoms with E-state index >= 15 is 0 Å². The van der Waals surface area contributed by atoms with E-state index in [0.29, 0.717) is 4.85 Å². The molecule has 1 aromatic rings. The monoisotopic (exact) mass is 239 g/mol. The Morgan fingerprint density at radius 3 is 2.62 bits per heavy atom. The van der Waals surface area contributed by atoms with Gasteiger partial charge in [0.05, 0.1) is 7.11 Å². The standard InChI is InChI=1S/C7H8F3N3O3/c1-4-5(6(14)15-2)11-12-13(4)16-3-7(8,9)10/h3H2,1-2H3. The van der Waals surface area contributed by atoms with Gasteiger partial charge in [-0.15, -0.1) is 5.10 Å². The number of aromatic nitrogens is 3. The molecule has 9 heteroatoms. The van der Waals surface area contributed by atoms with Crippen molar-refractivity contribution in [2.45, 2.75) is 13.1 Å². The first-order valence-electron chi connectivity index (χ1n) is 4.06. The molecule has 0 aromatic carbocycles. The molecule has 6 nitrogen and oxygen atoms in total. The Bertz CT molecular complexity index is 388. The van der Waals surface area contributed by atoms with E-state index in [-0.39, 0.29) is 11.4 Å². The molecule has 0 saturated carbocycles. The molecule has 0 aliphatic rings. The summed E-state index contributed by atoms with van der Waals surface area (Å²) in [7, 11) is 1.12. The summed E-state index contributed by atoms with van der Waals surface area (Å²) < 4.78 is 39.8. The number of hydrogen-bond donors (Lipinski definition) is 0. The van der Waals surface area contributed by atoms with Crippen molar-refractivity contribution >= 4 is 5.97 Å². The van der Waals surface area contributed by atoms with E-state index < -0.39 is 18.8 Å². The highest BCUT2D eigenvalue weighted by Gasteiger charge is 2.30. The number of alkyl halides is 3. The highest BCUT2D eigenvalue weighted by atomic mass is 19.4. The van der Waals surface area contributed by atoms with Gasteiger partial charge in [-0.05, 0) is 12.1 Å². The smallest absolute Gasteiger partial charge is 0.425 e. The van der Waals surface area contributed by atoms with Crippen LogP contribution in [-0.4, -0.2) is 41.0 Å². The Morgan fingerprint density at radius 1 is 1.50 bits per heavy atom. The maximum absolute atomic E-state index is 11.8. The number of nitrogens with zero attached hydrogens (tertiary/aromatic N) is 3. The minimum absolute atomic E-state index is 0.0381. The molecule has 0 atom stereocenters. The molecule has 90 valence electrons. The predicted octanol–water partition coefficient (Wildman–Crippen LogP) is 0.364. The molecule has 0 aliphatic heterocycles. The summed E-state index contributed by atoms with van der Waals surface area (Å²) in [6.07, 6.45) is -4.48. The fourth-order valence-electron chi connectivity index (χ4n) is 0.858.